The molecule has 0 saturated carbocycles. The molecule has 1 heterocycles. The predicted molar refractivity (Wildman–Crippen MR) is 90.0 cm³/mol. The number of rotatable bonds is 5. The summed E-state index contributed by atoms with van der Waals surface area (Å²) in [5.41, 5.74) is 1.61. The predicted octanol–water partition coefficient (Wildman–Crippen LogP) is 1.37. The number of benzene rings is 1. The third kappa shape index (κ3) is 4.01. The third-order valence-corrected chi connectivity index (χ3v) is 4.56. The summed E-state index contributed by atoms with van der Waals surface area (Å²) in [6.45, 7) is 8.82. The number of aliphatic carboxylic acids is 1. The molecule has 1 unspecified atom stereocenters. The molecule has 126 valence electrons. The first kappa shape index (κ1) is 17.3. The molecular formula is C17H25N3O3. The zero-order valence-corrected chi connectivity index (χ0v) is 14.0. The Balaban J connectivity index is 2.02. The first-order valence-corrected chi connectivity index (χ1v) is 8.01. The smallest absolute Gasteiger partial charge is 0.326 e. The Morgan fingerprint density at radius 3 is 2.22 bits per heavy atom. The maximum atomic E-state index is 12.3. The van der Waals surface area contributed by atoms with E-state index in [1.807, 2.05) is 12.1 Å². The van der Waals surface area contributed by atoms with Crippen molar-refractivity contribution in [3.8, 4) is 0 Å². The third-order valence-electron chi connectivity index (χ3n) is 4.56. The molecule has 0 aromatic heterocycles. The monoisotopic (exact) mass is 319 g/mol. The zero-order valence-electron chi connectivity index (χ0n) is 14.0. The van der Waals surface area contributed by atoms with Gasteiger partial charge in [0, 0.05) is 44.5 Å². The van der Waals surface area contributed by atoms with Gasteiger partial charge in [-0.05, 0) is 37.7 Å². The molecule has 2 rings (SSSR count). The lowest BCUT2D eigenvalue weighted by Crippen LogP contribution is -2.46. The van der Waals surface area contributed by atoms with Crippen LogP contribution in [0.25, 0.3) is 0 Å². The van der Waals surface area contributed by atoms with Crippen LogP contribution in [0.3, 0.4) is 0 Å². The quantitative estimate of drug-likeness (QED) is 0.888. The number of carboxylic acids is 1. The molecule has 6 nitrogen and oxygen atoms in total. The molecule has 0 spiro atoms. The van der Waals surface area contributed by atoms with Gasteiger partial charge < -0.3 is 19.8 Å². The molecule has 1 amide bonds. The number of likely N-dealkylation sites (N-methyl/N-ethyl adjacent to an activating group) is 2. The van der Waals surface area contributed by atoms with Gasteiger partial charge in [-0.15, -0.1) is 0 Å². The number of hydrogen-bond donors (Lipinski definition) is 1. The van der Waals surface area contributed by atoms with E-state index >= 15 is 0 Å². The van der Waals surface area contributed by atoms with Gasteiger partial charge in [-0.2, -0.15) is 0 Å². The second-order valence-corrected chi connectivity index (χ2v) is 5.90. The fourth-order valence-electron chi connectivity index (χ4n) is 2.68. The highest BCUT2D eigenvalue weighted by molar-refractivity contribution is 5.96. The van der Waals surface area contributed by atoms with E-state index in [9.17, 15) is 9.59 Å². The molecule has 0 bridgehead atoms. The number of amides is 1. The number of carbonyl (C=O) groups excluding carboxylic acids is 1. The topological polar surface area (TPSA) is 64.1 Å². The summed E-state index contributed by atoms with van der Waals surface area (Å²) in [6.07, 6.45) is 0. The largest absolute Gasteiger partial charge is 0.480 e. The van der Waals surface area contributed by atoms with Crippen molar-refractivity contribution in [2.45, 2.75) is 19.9 Å². The molecule has 6 heteroatoms. The van der Waals surface area contributed by atoms with E-state index in [4.69, 9.17) is 5.11 Å². The van der Waals surface area contributed by atoms with Gasteiger partial charge in [-0.25, -0.2) is 4.79 Å². The lowest BCUT2D eigenvalue weighted by Gasteiger charge is -2.35. The summed E-state index contributed by atoms with van der Waals surface area (Å²) in [6, 6.07) is 6.58. The minimum atomic E-state index is -1.01. The Morgan fingerprint density at radius 1 is 1.17 bits per heavy atom. The Kier molecular flexibility index (Phi) is 5.60. The summed E-state index contributed by atoms with van der Waals surface area (Å²) in [7, 11) is 1.51. The van der Waals surface area contributed by atoms with Gasteiger partial charge in [0.1, 0.15) is 6.04 Å². The zero-order chi connectivity index (χ0) is 17.0. The molecule has 1 N–H and O–H groups in total. The van der Waals surface area contributed by atoms with Gasteiger partial charge in [0.15, 0.2) is 0 Å². The summed E-state index contributed by atoms with van der Waals surface area (Å²) >= 11 is 0. The van der Waals surface area contributed by atoms with E-state index in [2.05, 4.69) is 16.7 Å². The second kappa shape index (κ2) is 7.46. The highest BCUT2D eigenvalue weighted by Crippen LogP contribution is 2.18. The molecule has 0 radical (unpaired) electrons. The average molecular weight is 319 g/mol. The van der Waals surface area contributed by atoms with Gasteiger partial charge in [0.25, 0.3) is 5.91 Å². The van der Waals surface area contributed by atoms with E-state index in [1.54, 1.807) is 12.1 Å². The van der Waals surface area contributed by atoms with Crippen LogP contribution in [0.15, 0.2) is 24.3 Å². The highest BCUT2D eigenvalue weighted by atomic mass is 16.4. The minimum absolute atomic E-state index is 0.276. The molecule has 23 heavy (non-hydrogen) atoms. The van der Waals surface area contributed by atoms with Crippen LogP contribution in [0.4, 0.5) is 5.69 Å². The summed E-state index contributed by atoms with van der Waals surface area (Å²) < 4.78 is 0. The SMILES string of the molecule is CCN1CCN(c2ccc(C(=O)N(C)C(C)C(=O)O)cc2)CC1. The average Bonchev–Trinajstić information content (AvgIpc) is 2.60. The van der Waals surface area contributed by atoms with Crippen molar-refractivity contribution in [3.05, 3.63) is 29.8 Å². The van der Waals surface area contributed by atoms with Gasteiger partial charge in [-0.3, -0.25) is 4.79 Å². The van der Waals surface area contributed by atoms with Crippen LogP contribution in [0.1, 0.15) is 24.2 Å². The van der Waals surface area contributed by atoms with E-state index in [1.165, 1.54) is 18.9 Å². The Morgan fingerprint density at radius 2 is 1.74 bits per heavy atom. The molecule has 1 aromatic rings. The molecule has 1 saturated heterocycles. The maximum absolute atomic E-state index is 12.3. The van der Waals surface area contributed by atoms with Crippen LogP contribution < -0.4 is 4.90 Å². The summed E-state index contributed by atoms with van der Waals surface area (Å²) in [5, 5.41) is 9.00. The molecule has 0 aliphatic carbocycles. The van der Waals surface area contributed by atoms with E-state index in [-0.39, 0.29) is 5.91 Å². The Hall–Kier alpha value is -2.08. The van der Waals surface area contributed by atoms with E-state index in [0.717, 1.165) is 38.4 Å². The fourth-order valence-corrected chi connectivity index (χ4v) is 2.68. The molecule has 1 aromatic carbocycles. The van der Waals surface area contributed by atoms with Crippen LogP contribution in [0.2, 0.25) is 0 Å². The number of nitrogens with zero attached hydrogens (tertiary/aromatic N) is 3. The summed E-state index contributed by atoms with van der Waals surface area (Å²) in [4.78, 5) is 29.3. The van der Waals surface area contributed by atoms with Gasteiger partial charge in [0.2, 0.25) is 0 Å². The molecule has 1 atom stereocenters. The number of carboxylic acid groups (broad SMARTS) is 1. The number of carbonyl (C=O) groups is 2. The Labute approximate surface area is 137 Å². The van der Waals surface area contributed by atoms with Crippen LogP contribution in [0.5, 0.6) is 0 Å². The molecule has 1 aliphatic heterocycles. The fraction of sp³-hybridized carbons (Fsp3) is 0.529. The standard InChI is InChI=1S/C17H25N3O3/c1-4-19-9-11-20(12-10-19)15-7-5-14(6-8-15)16(21)18(3)13(2)17(22)23/h5-8,13H,4,9-12H2,1-3H3,(H,22,23). The second-order valence-electron chi connectivity index (χ2n) is 5.90. The molecular weight excluding hydrogens is 294 g/mol. The molecule has 1 aliphatic rings. The van der Waals surface area contributed by atoms with Crippen molar-refractivity contribution < 1.29 is 14.7 Å². The lowest BCUT2D eigenvalue weighted by molar-refractivity contribution is -0.141. The van der Waals surface area contributed by atoms with Crippen molar-refractivity contribution in [3.63, 3.8) is 0 Å². The number of piperazine rings is 1. The van der Waals surface area contributed by atoms with Crippen LogP contribution in [-0.4, -0.2) is 72.6 Å². The van der Waals surface area contributed by atoms with Gasteiger partial charge >= 0.3 is 5.97 Å². The Bertz CT molecular complexity index is 551. The van der Waals surface area contributed by atoms with Crippen LogP contribution in [0, 0.1) is 0 Å². The highest BCUT2D eigenvalue weighted by Gasteiger charge is 2.23. The first-order valence-electron chi connectivity index (χ1n) is 8.01. The first-order chi connectivity index (χ1) is 10.9. The van der Waals surface area contributed by atoms with Crippen LogP contribution in [-0.2, 0) is 4.79 Å². The van der Waals surface area contributed by atoms with Crippen molar-refractivity contribution in [2.75, 3.05) is 44.7 Å². The van der Waals surface area contributed by atoms with E-state index in [0.29, 0.717) is 5.56 Å². The van der Waals surface area contributed by atoms with Crippen molar-refractivity contribution in [1.82, 2.24) is 9.80 Å². The van der Waals surface area contributed by atoms with E-state index < -0.39 is 12.0 Å². The summed E-state index contributed by atoms with van der Waals surface area (Å²) in [5.74, 6) is -1.28. The molecule has 1 fully saturated rings. The number of anilines is 1. The van der Waals surface area contributed by atoms with Gasteiger partial charge in [-0.1, -0.05) is 6.92 Å². The normalized spacial score (nSPS) is 16.9. The van der Waals surface area contributed by atoms with Gasteiger partial charge in [0.05, 0.1) is 0 Å². The van der Waals surface area contributed by atoms with Crippen molar-refractivity contribution >= 4 is 17.6 Å². The lowest BCUT2D eigenvalue weighted by atomic mass is 10.1. The maximum Gasteiger partial charge on any atom is 0.326 e. The van der Waals surface area contributed by atoms with Crippen LogP contribution >= 0.6 is 0 Å². The number of hydrogen-bond acceptors (Lipinski definition) is 4. The van der Waals surface area contributed by atoms with Crippen molar-refractivity contribution in [1.29, 1.82) is 0 Å². The minimum Gasteiger partial charge on any atom is -0.480 e. The van der Waals surface area contributed by atoms with Crippen molar-refractivity contribution in [2.24, 2.45) is 0 Å².